The van der Waals surface area contributed by atoms with E-state index in [1.54, 1.807) is 14.2 Å². The molecule has 0 aromatic heterocycles. The fourth-order valence-corrected chi connectivity index (χ4v) is 2.73. The molecule has 100 valence electrons. The third-order valence-electron chi connectivity index (χ3n) is 3.57. The van der Waals surface area contributed by atoms with Crippen LogP contribution in [0.2, 0.25) is 0 Å². The van der Waals surface area contributed by atoms with Gasteiger partial charge in [0.2, 0.25) is 0 Å². The molecule has 0 heterocycles. The second-order valence-electron chi connectivity index (χ2n) is 5.03. The Hall–Kier alpha value is -1.06. The van der Waals surface area contributed by atoms with E-state index in [4.69, 9.17) is 9.47 Å². The van der Waals surface area contributed by atoms with E-state index in [9.17, 15) is 0 Å². The molecular weight excluding hydrogens is 226 g/mol. The lowest BCUT2D eigenvalue weighted by molar-refractivity contribution is 0.165. The molecule has 1 aliphatic carbocycles. The zero-order valence-corrected chi connectivity index (χ0v) is 11.5. The van der Waals surface area contributed by atoms with Crippen molar-refractivity contribution in [2.75, 3.05) is 20.8 Å². The number of aryl methyl sites for hydroxylation is 1. The predicted molar refractivity (Wildman–Crippen MR) is 73.1 cm³/mol. The van der Waals surface area contributed by atoms with E-state index < -0.39 is 0 Å². The van der Waals surface area contributed by atoms with Crippen molar-refractivity contribution in [1.82, 2.24) is 5.32 Å². The number of hydrogen-bond acceptors (Lipinski definition) is 3. The fraction of sp³-hybridized carbons (Fsp3) is 0.600. The van der Waals surface area contributed by atoms with Gasteiger partial charge in [-0.25, -0.2) is 0 Å². The molecule has 3 heteroatoms. The van der Waals surface area contributed by atoms with Gasteiger partial charge >= 0.3 is 0 Å². The monoisotopic (exact) mass is 249 g/mol. The molecule has 0 radical (unpaired) electrons. The normalized spacial score (nSPS) is 20.3. The molecule has 0 saturated carbocycles. The van der Waals surface area contributed by atoms with Crippen molar-refractivity contribution in [2.24, 2.45) is 0 Å². The summed E-state index contributed by atoms with van der Waals surface area (Å²) >= 11 is 0. The quantitative estimate of drug-likeness (QED) is 0.870. The first-order chi connectivity index (χ1) is 8.74. The average Bonchev–Trinajstić information content (AvgIpc) is 2.38. The van der Waals surface area contributed by atoms with Gasteiger partial charge in [0.25, 0.3) is 0 Å². The number of fused-ring (bicyclic) bond motifs is 1. The van der Waals surface area contributed by atoms with Gasteiger partial charge in [0.15, 0.2) is 0 Å². The van der Waals surface area contributed by atoms with E-state index >= 15 is 0 Å². The van der Waals surface area contributed by atoms with Gasteiger partial charge in [-0.05, 0) is 49.4 Å². The molecule has 1 N–H and O–H groups in total. The van der Waals surface area contributed by atoms with E-state index in [1.165, 1.54) is 24.0 Å². The van der Waals surface area contributed by atoms with E-state index in [0.29, 0.717) is 12.1 Å². The van der Waals surface area contributed by atoms with Gasteiger partial charge in [-0.1, -0.05) is 6.07 Å². The smallest absolute Gasteiger partial charge is 0.119 e. The summed E-state index contributed by atoms with van der Waals surface area (Å²) in [6.45, 7) is 2.92. The Morgan fingerprint density at radius 2 is 2.22 bits per heavy atom. The fourth-order valence-electron chi connectivity index (χ4n) is 2.73. The molecule has 1 aliphatic rings. The lowest BCUT2D eigenvalue weighted by atomic mass is 9.87. The van der Waals surface area contributed by atoms with Crippen molar-refractivity contribution < 1.29 is 9.47 Å². The highest BCUT2D eigenvalue weighted by Gasteiger charge is 2.21. The highest BCUT2D eigenvalue weighted by atomic mass is 16.5. The summed E-state index contributed by atoms with van der Waals surface area (Å²) in [5, 5.41) is 3.65. The lowest BCUT2D eigenvalue weighted by Crippen LogP contribution is -2.35. The Morgan fingerprint density at radius 1 is 1.39 bits per heavy atom. The van der Waals surface area contributed by atoms with E-state index in [1.807, 2.05) is 0 Å². The molecule has 2 unspecified atom stereocenters. The Bertz CT molecular complexity index is 392. The first-order valence-electron chi connectivity index (χ1n) is 6.66. The Labute approximate surface area is 109 Å². The Morgan fingerprint density at radius 3 is 2.94 bits per heavy atom. The van der Waals surface area contributed by atoms with Crippen molar-refractivity contribution in [2.45, 2.75) is 38.3 Å². The molecule has 1 aromatic rings. The van der Waals surface area contributed by atoms with Crippen LogP contribution < -0.4 is 10.1 Å². The molecule has 0 bridgehead atoms. The van der Waals surface area contributed by atoms with Crippen LogP contribution in [0.25, 0.3) is 0 Å². The van der Waals surface area contributed by atoms with E-state index in [0.717, 1.165) is 18.8 Å². The highest BCUT2D eigenvalue weighted by molar-refractivity contribution is 5.39. The van der Waals surface area contributed by atoms with Crippen molar-refractivity contribution in [1.29, 1.82) is 0 Å². The van der Waals surface area contributed by atoms with Gasteiger partial charge in [-0.15, -0.1) is 0 Å². The molecule has 0 fully saturated rings. The SMILES string of the molecule is COCC(C)NC1CCCc2cc(OC)ccc21. The number of nitrogens with one attached hydrogen (secondary N) is 1. The van der Waals surface area contributed by atoms with Crippen LogP contribution in [-0.2, 0) is 11.2 Å². The maximum absolute atomic E-state index is 5.29. The molecule has 0 saturated heterocycles. The van der Waals surface area contributed by atoms with Gasteiger partial charge in [-0.3, -0.25) is 0 Å². The first kappa shape index (κ1) is 13.4. The first-order valence-corrected chi connectivity index (χ1v) is 6.66. The predicted octanol–water partition coefficient (Wildman–Crippen LogP) is 2.70. The minimum atomic E-state index is 0.382. The van der Waals surface area contributed by atoms with Crippen molar-refractivity contribution in [3.63, 3.8) is 0 Å². The van der Waals surface area contributed by atoms with Crippen molar-refractivity contribution >= 4 is 0 Å². The molecule has 18 heavy (non-hydrogen) atoms. The van der Waals surface area contributed by atoms with E-state index in [2.05, 4.69) is 30.4 Å². The van der Waals surface area contributed by atoms with Crippen LogP contribution in [0.1, 0.15) is 36.9 Å². The Kier molecular flexibility index (Phi) is 4.61. The molecule has 1 aromatic carbocycles. The van der Waals surface area contributed by atoms with Crippen LogP contribution >= 0.6 is 0 Å². The van der Waals surface area contributed by atoms with Crippen molar-refractivity contribution in [3.05, 3.63) is 29.3 Å². The summed E-state index contributed by atoms with van der Waals surface area (Å²) in [4.78, 5) is 0. The minimum absolute atomic E-state index is 0.382. The Balaban J connectivity index is 2.12. The maximum Gasteiger partial charge on any atom is 0.119 e. The molecule has 2 rings (SSSR count). The summed E-state index contributed by atoms with van der Waals surface area (Å²) in [6.07, 6.45) is 3.59. The molecule has 2 atom stereocenters. The minimum Gasteiger partial charge on any atom is -0.497 e. The summed E-state index contributed by atoms with van der Waals surface area (Å²) in [5.74, 6) is 0.958. The number of hydrogen-bond donors (Lipinski definition) is 1. The topological polar surface area (TPSA) is 30.5 Å². The number of ether oxygens (including phenoxy) is 2. The van der Waals surface area contributed by atoms with Crippen LogP contribution in [0.15, 0.2) is 18.2 Å². The van der Waals surface area contributed by atoms with Crippen LogP contribution in [0.5, 0.6) is 5.75 Å². The van der Waals surface area contributed by atoms with Gasteiger partial charge in [0.1, 0.15) is 5.75 Å². The highest BCUT2D eigenvalue weighted by Crippen LogP contribution is 2.32. The third kappa shape index (κ3) is 3.03. The van der Waals surface area contributed by atoms with Crippen LogP contribution in [0.3, 0.4) is 0 Å². The van der Waals surface area contributed by atoms with Crippen LogP contribution in [0, 0.1) is 0 Å². The van der Waals surface area contributed by atoms with Gasteiger partial charge in [0, 0.05) is 19.2 Å². The zero-order chi connectivity index (χ0) is 13.0. The number of rotatable bonds is 5. The molecule has 0 amide bonds. The van der Waals surface area contributed by atoms with Crippen LogP contribution in [-0.4, -0.2) is 26.9 Å². The van der Waals surface area contributed by atoms with Gasteiger partial charge in [0.05, 0.1) is 13.7 Å². The van der Waals surface area contributed by atoms with Crippen molar-refractivity contribution in [3.8, 4) is 5.75 Å². The molecule has 0 aliphatic heterocycles. The summed E-state index contributed by atoms with van der Waals surface area (Å²) in [5.41, 5.74) is 2.84. The third-order valence-corrected chi connectivity index (χ3v) is 3.57. The largest absolute Gasteiger partial charge is 0.497 e. The summed E-state index contributed by atoms with van der Waals surface area (Å²) in [6, 6.07) is 7.26. The average molecular weight is 249 g/mol. The lowest BCUT2D eigenvalue weighted by Gasteiger charge is -2.29. The number of benzene rings is 1. The molecular formula is C15H23NO2. The zero-order valence-electron chi connectivity index (χ0n) is 11.5. The molecule has 0 spiro atoms. The number of methoxy groups -OCH3 is 2. The van der Waals surface area contributed by atoms with Gasteiger partial charge in [-0.2, -0.15) is 0 Å². The summed E-state index contributed by atoms with van der Waals surface area (Å²) < 4.78 is 10.5. The second kappa shape index (κ2) is 6.21. The standard InChI is InChI=1S/C15H23NO2/c1-11(10-17-2)16-15-6-4-5-12-9-13(18-3)7-8-14(12)15/h7-9,11,15-16H,4-6,10H2,1-3H3. The van der Waals surface area contributed by atoms with Gasteiger partial charge < -0.3 is 14.8 Å². The summed E-state index contributed by atoms with van der Waals surface area (Å²) in [7, 11) is 3.47. The van der Waals surface area contributed by atoms with E-state index in [-0.39, 0.29) is 0 Å². The second-order valence-corrected chi connectivity index (χ2v) is 5.03. The van der Waals surface area contributed by atoms with Crippen LogP contribution in [0.4, 0.5) is 0 Å². The molecule has 3 nitrogen and oxygen atoms in total. The maximum atomic E-state index is 5.29.